The minimum Gasteiger partial charge on any atom is -0.383 e. The molecule has 2 N–H and O–H groups in total. The third kappa shape index (κ3) is 6.38. The summed E-state index contributed by atoms with van der Waals surface area (Å²) in [6.45, 7) is 3.62. The van der Waals surface area contributed by atoms with Crippen LogP contribution in [0.3, 0.4) is 0 Å². The van der Waals surface area contributed by atoms with Gasteiger partial charge in [0.15, 0.2) is 5.11 Å². The molecule has 0 spiro atoms. The van der Waals surface area contributed by atoms with Crippen molar-refractivity contribution in [2.45, 2.75) is 0 Å². The molecule has 0 saturated carbocycles. The topological polar surface area (TPSA) is 86.8 Å². The molecule has 0 amide bonds. The number of ether oxygens (including phenoxy) is 1. The van der Waals surface area contributed by atoms with Crippen molar-refractivity contribution in [3.8, 4) is 0 Å². The van der Waals surface area contributed by atoms with Crippen LogP contribution in [0, 0.1) is 0 Å². The second kappa shape index (κ2) is 9.85. The van der Waals surface area contributed by atoms with Gasteiger partial charge in [0.25, 0.3) is 0 Å². The Morgan fingerprint density at radius 3 is 2.60 bits per heavy atom. The monoisotopic (exact) mass is 387 g/mol. The first-order chi connectivity index (χ1) is 12.0. The molecule has 1 fully saturated rings. The van der Waals surface area contributed by atoms with Crippen molar-refractivity contribution in [1.29, 1.82) is 0 Å². The highest BCUT2D eigenvalue weighted by Gasteiger charge is 2.26. The Balaban J connectivity index is 1.73. The highest BCUT2D eigenvalue weighted by Crippen LogP contribution is 2.14. The van der Waals surface area contributed by atoms with Crippen molar-refractivity contribution in [3.63, 3.8) is 0 Å². The highest BCUT2D eigenvalue weighted by molar-refractivity contribution is 7.89. The van der Waals surface area contributed by atoms with Crippen LogP contribution in [-0.2, 0) is 14.8 Å². The molecule has 140 valence electrons. The number of pyridine rings is 1. The second-order valence-electron chi connectivity index (χ2n) is 5.57. The summed E-state index contributed by atoms with van der Waals surface area (Å²) in [6, 6.07) is 5.73. The molecular weight excluding hydrogens is 362 g/mol. The quantitative estimate of drug-likeness (QED) is 0.462. The Bertz CT molecular complexity index is 634. The summed E-state index contributed by atoms with van der Waals surface area (Å²) in [5, 5.41) is 6.29. The van der Waals surface area contributed by atoms with Gasteiger partial charge in [-0.15, -0.1) is 0 Å². The zero-order chi connectivity index (χ0) is 18.1. The Hall–Kier alpha value is -1.49. The minimum absolute atomic E-state index is 0.0166. The lowest BCUT2D eigenvalue weighted by atomic mass is 10.3. The average molecular weight is 388 g/mol. The molecule has 1 aromatic heterocycles. The van der Waals surface area contributed by atoms with Gasteiger partial charge in [-0.05, 0) is 24.4 Å². The second-order valence-corrected chi connectivity index (χ2v) is 8.06. The molecule has 0 aliphatic carbocycles. The first-order valence-corrected chi connectivity index (χ1v) is 10.2. The molecule has 1 aliphatic heterocycles. The predicted molar refractivity (Wildman–Crippen MR) is 102 cm³/mol. The Morgan fingerprint density at radius 1 is 1.24 bits per heavy atom. The molecule has 0 bridgehead atoms. The van der Waals surface area contributed by atoms with Crippen LogP contribution in [0.4, 0.5) is 5.82 Å². The van der Waals surface area contributed by atoms with Crippen molar-refractivity contribution in [2.24, 2.45) is 0 Å². The van der Waals surface area contributed by atoms with Crippen LogP contribution in [0.1, 0.15) is 0 Å². The van der Waals surface area contributed by atoms with Crippen molar-refractivity contribution in [2.75, 3.05) is 63.6 Å². The van der Waals surface area contributed by atoms with E-state index in [0.717, 1.165) is 5.82 Å². The lowest BCUT2D eigenvalue weighted by Crippen LogP contribution is -2.50. The molecule has 25 heavy (non-hydrogen) atoms. The van der Waals surface area contributed by atoms with Gasteiger partial charge in [0, 0.05) is 52.6 Å². The maximum absolute atomic E-state index is 12.4. The van der Waals surface area contributed by atoms with Gasteiger partial charge in [0.2, 0.25) is 10.0 Å². The van der Waals surface area contributed by atoms with Crippen LogP contribution < -0.4 is 15.5 Å². The van der Waals surface area contributed by atoms with Gasteiger partial charge >= 0.3 is 0 Å². The maximum Gasteiger partial charge on any atom is 0.215 e. The van der Waals surface area contributed by atoms with Crippen molar-refractivity contribution < 1.29 is 13.2 Å². The van der Waals surface area contributed by atoms with E-state index in [1.54, 1.807) is 13.3 Å². The molecule has 1 aliphatic rings. The molecule has 1 aromatic rings. The van der Waals surface area contributed by atoms with Gasteiger partial charge in [0.05, 0.1) is 12.4 Å². The molecule has 0 aromatic carbocycles. The van der Waals surface area contributed by atoms with Gasteiger partial charge < -0.3 is 20.3 Å². The van der Waals surface area contributed by atoms with E-state index < -0.39 is 10.0 Å². The number of anilines is 1. The van der Waals surface area contributed by atoms with Gasteiger partial charge in [0.1, 0.15) is 5.82 Å². The largest absolute Gasteiger partial charge is 0.383 e. The number of thiocarbonyl (C=S) groups is 1. The predicted octanol–water partition coefficient (Wildman–Crippen LogP) is -0.356. The SMILES string of the molecule is COCCNC(=S)NCCS(=O)(=O)N1CCN(c2ccccn2)CC1. The fourth-order valence-electron chi connectivity index (χ4n) is 2.49. The molecule has 2 rings (SSSR count). The van der Waals surface area contributed by atoms with E-state index >= 15 is 0 Å². The first-order valence-electron chi connectivity index (χ1n) is 8.17. The van der Waals surface area contributed by atoms with E-state index in [1.807, 2.05) is 18.2 Å². The number of methoxy groups -OCH3 is 1. The molecule has 10 heteroatoms. The van der Waals surface area contributed by atoms with Crippen molar-refractivity contribution in [3.05, 3.63) is 24.4 Å². The third-order valence-electron chi connectivity index (χ3n) is 3.84. The van der Waals surface area contributed by atoms with Crippen LogP contribution >= 0.6 is 12.2 Å². The number of piperazine rings is 1. The van der Waals surface area contributed by atoms with Gasteiger partial charge in [-0.1, -0.05) is 6.07 Å². The Morgan fingerprint density at radius 2 is 1.96 bits per heavy atom. The number of nitrogens with zero attached hydrogens (tertiary/aromatic N) is 3. The van der Waals surface area contributed by atoms with Crippen molar-refractivity contribution in [1.82, 2.24) is 19.9 Å². The minimum atomic E-state index is -3.30. The molecule has 2 heterocycles. The molecule has 0 atom stereocenters. The molecular formula is C15H25N5O3S2. The summed E-state index contributed by atoms with van der Waals surface area (Å²) in [5.74, 6) is 0.900. The number of nitrogens with one attached hydrogen (secondary N) is 2. The van der Waals surface area contributed by atoms with Crippen LogP contribution in [0.15, 0.2) is 24.4 Å². The van der Waals surface area contributed by atoms with Crippen LogP contribution in [0.2, 0.25) is 0 Å². The lowest BCUT2D eigenvalue weighted by Gasteiger charge is -2.34. The summed E-state index contributed by atoms with van der Waals surface area (Å²) < 4.78 is 31.3. The molecule has 0 unspecified atom stereocenters. The standard InChI is InChI=1S/C15H25N5O3S2/c1-23-12-6-17-15(24)18-7-13-25(21,22)20-10-8-19(9-11-20)14-4-2-3-5-16-14/h2-5H,6-13H2,1H3,(H2,17,18,24). The summed E-state index contributed by atoms with van der Waals surface area (Å²) in [5.41, 5.74) is 0. The molecule has 8 nitrogen and oxygen atoms in total. The number of hydrogen-bond donors (Lipinski definition) is 2. The number of aromatic nitrogens is 1. The van der Waals surface area contributed by atoms with E-state index in [-0.39, 0.29) is 12.3 Å². The van der Waals surface area contributed by atoms with Gasteiger partial charge in [-0.3, -0.25) is 0 Å². The average Bonchev–Trinajstić information content (AvgIpc) is 2.63. The van der Waals surface area contributed by atoms with Crippen LogP contribution in [0.25, 0.3) is 0 Å². The fourth-order valence-corrected chi connectivity index (χ4v) is 4.03. The summed E-state index contributed by atoms with van der Waals surface area (Å²) in [4.78, 5) is 6.40. The Kier molecular flexibility index (Phi) is 7.82. The van der Waals surface area contributed by atoms with E-state index in [9.17, 15) is 8.42 Å². The van der Waals surface area contributed by atoms with Crippen molar-refractivity contribution >= 4 is 33.2 Å². The smallest absolute Gasteiger partial charge is 0.215 e. The van der Waals surface area contributed by atoms with Gasteiger partial charge in [-0.25, -0.2) is 13.4 Å². The zero-order valence-corrected chi connectivity index (χ0v) is 16.0. The molecule has 1 saturated heterocycles. The third-order valence-corrected chi connectivity index (χ3v) is 6.00. The normalized spacial score (nSPS) is 15.8. The first kappa shape index (κ1) is 19.8. The molecule has 0 radical (unpaired) electrons. The zero-order valence-electron chi connectivity index (χ0n) is 14.3. The summed E-state index contributed by atoms with van der Waals surface area (Å²) in [7, 11) is -1.69. The summed E-state index contributed by atoms with van der Waals surface area (Å²) in [6.07, 6.45) is 1.74. The maximum atomic E-state index is 12.4. The number of sulfonamides is 1. The number of rotatable bonds is 8. The van der Waals surface area contributed by atoms with E-state index in [0.29, 0.717) is 44.4 Å². The van der Waals surface area contributed by atoms with E-state index in [4.69, 9.17) is 17.0 Å². The van der Waals surface area contributed by atoms with Gasteiger partial charge in [-0.2, -0.15) is 4.31 Å². The fraction of sp³-hybridized carbons (Fsp3) is 0.600. The van der Waals surface area contributed by atoms with E-state index in [2.05, 4.69) is 20.5 Å². The summed E-state index contributed by atoms with van der Waals surface area (Å²) >= 11 is 5.08. The number of hydrogen-bond acceptors (Lipinski definition) is 6. The Labute approximate surface area is 154 Å². The van der Waals surface area contributed by atoms with Crippen LogP contribution in [-0.4, -0.2) is 81.6 Å². The highest BCUT2D eigenvalue weighted by atomic mass is 32.2. The van der Waals surface area contributed by atoms with Crippen LogP contribution in [0.5, 0.6) is 0 Å². The van der Waals surface area contributed by atoms with E-state index in [1.165, 1.54) is 4.31 Å². The lowest BCUT2D eigenvalue weighted by molar-refractivity contribution is 0.204.